The molecule has 2 aromatic carbocycles. The lowest BCUT2D eigenvalue weighted by Gasteiger charge is -2.22. The molecule has 0 heterocycles. The number of amidine groups is 1. The van der Waals surface area contributed by atoms with E-state index in [0.717, 1.165) is 24.0 Å². The summed E-state index contributed by atoms with van der Waals surface area (Å²) >= 11 is 1.84. The van der Waals surface area contributed by atoms with Crippen LogP contribution in [0.15, 0.2) is 53.5 Å². The number of aromatic hydroxyl groups is 1. The van der Waals surface area contributed by atoms with Gasteiger partial charge in [-0.25, -0.2) is 0 Å². The highest BCUT2D eigenvalue weighted by Gasteiger charge is 2.19. The number of rotatable bonds is 6. The fraction of sp³-hybridized carbons (Fsp3) is 0.286. The second-order valence-electron chi connectivity index (χ2n) is 6.14. The van der Waals surface area contributed by atoms with Crippen molar-refractivity contribution < 1.29 is 5.11 Å². The van der Waals surface area contributed by atoms with E-state index in [9.17, 15) is 5.11 Å². The van der Waals surface area contributed by atoms with Gasteiger partial charge in [0, 0.05) is 28.7 Å². The molecule has 0 spiro atoms. The number of thioether (sulfide) groups is 1. The lowest BCUT2D eigenvalue weighted by Crippen LogP contribution is -2.16. The Balaban J connectivity index is 1.81. The van der Waals surface area contributed by atoms with Crippen LogP contribution in [0.25, 0.3) is 6.08 Å². The fourth-order valence-electron chi connectivity index (χ4n) is 3.03. The Hall–Kier alpha value is -2.20. The molecule has 130 valence electrons. The van der Waals surface area contributed by atoms with Gasteiger partial charge in [0.2, 0.25) is 0 Å². The van der Waals surface area contributed by atoms with E-state index in [1.165, 1.54) is 11.1 Å². The van der Waals surface area contributed by atoms with Gasteiger partial charge in [-0.1, -0.05) is 55.5 Å². The largest absolute Gasteiger partial charge is 0.508 e. The molecule has 0 aliphatic heterocycles. The average molecular weight is 353 g/mol. The number of benzene rings is 2. The van der Waals surface area contributed by atoms with E-state index in [2.05, 4.69) is 48.3 Å². The first kappa shape index (κ1) is 17.6. The van der Waals surface area contributed by atoms with Crippen molar-refractivity contribution in [1.29, 1.82) is 0 Å². The van der Waals surface area contributed by atoms with Gasteiger partial charge in [0.05, 0.1) is 0 Å². The van der Waals surface area contributed by atoms with Crippen molar-refractivity contribution in [2.75, 3.05) is 6.54 Å². The molecule has 0 saturated carbocycles. The van der Waals surface area contributed by atoms with E-state index in [1.807, 2.05) is 23.9 Å². The van der Waals surface area contributed by atoms with Crippen LogP contribution in [0.3, 0.4) is 0 Å². The first-order valence-electron chi connectivity index (χ1n) is 8.69. The van der Waals surface area contributed by atoms with Crippen LogP contribution in [0.2, 0.25) is 0 Å². The third-order valence-corrected chi connectivity index (χ3v) is 5.66. The van der Waals surface area contributed by atoms with Crippen molar-refractivity contribution >= 4 is 23.7 Å². The number of phenolic OH excluding ortho intramolecular Hbond substituents is 1. The highest BCUT2D eigenvalue weighted by molar-refractivity contribution is 7.98. The molecule has 0 fully saturated rings. The topological polar surface area (TPSA) is 58.6 Å². The molecule has 3 N–H and O–H groups in total. The van der Waals surface area contributed by atoms with Gasteiger partial charge >= 0.3 is 0 Å². The van der Waals surface area contributed by atoms with E-state index in [4.69, 9.17) is 5.73 Å². The quantitative estimate of drug-likeness (QED) is 0.574. The van der Waals surface area contributed by atoms with Gasteiger partial charge in [0.1, 0.15) is 11.6 Å². The van der Waals surface area contributed by atoms with Gasteiger partial charge in [0.25, 0.3) is 0 Å². The van der Waals surface area contributed by atoms with Crippen LogP contribution in [0.4, 0.5) is 0 Å². The predicted molar refractivity (Wildman–Crippen MR) is 108 cm³/mol. The van der Waals surface area contributed by atoms with Crippen molar-refractivity contribution in [3.8, 4) is 5.75 Å². The van der Waals surface area contributed by atoms with Gasteiger partial charge in [-0.05, 0) is 30.0 Å². The second kappa shape index (κ2) is 8.26. The van der Waals surface area contributed by atoms with E-state index < -0.39 is 0 Å². The van der Waals surface area contributed by atoms with Gasteiger partial charge < -0.3 is 10.8 Å². The van der Waals surface area contributed by atoms with E-state index in [0.29, 0.717) is 29.1 Å². The molecule has 25 heavy (non-hydrogen) atoms. The zero-order chi connectivity index (χ0) is 17.6. The molecule has 4 heteroatoms. The number of nitrogens with zero attached hydrogens (tertiary/aromatic N) is 1. The summed E-state index contributed by atoms with van der Waals surface area (Å²) in [5.41, 5.74) is 10.5. The molecule has 1 aliphatic carbocycles. The zero-order valence-corrected chi connectivity index (χ0v) is 15.3. The molecule has 0 amide bonds. The predicted octanol–water partition coefficient (Wildman–Crippen LogP) is 4.90. The van der Waals surface area contributed by atoms with Crippen LogP contribution in [-0.4, -0.2) is 17.5 Å². The van der Waals surface area contributed by atoms with Crippen molar-refractivity contribution in [1.82, 2.24) is 0 Å². The first-order chi connectivity index (χ1) is 12.2. The summed E-state index contributed by atoms with van der Waals surface area (Å²) in [5, 5.41) is 10.7. The molecule has 3 nitrogen and oxygen atoms in total. The summed E-state index contributed by atoms with van der Waals surface area (Å²) in [6, 6.07) is 14.0. The minimum absolute atomic E-state index is 0.291. The molecular formula is C21H24N2OS. The van der Waals surface area contributed by atoms with Gasteiger partial charge in [-0.2, -0.15) is 0 Å². The Kier molecular flexibility index (Phi) is 5.82. The summed E-state index contributed by atoms with van der Waals surface area (Å²) in [6.07, 6.45) is 6.37. The second-order valence-corrected chi connectivity index (χ2v) is 7.33. The third-order valence-electron chi connectivity index (χ3n) is 4.35. The fourth-order valence-corrected chi connectivity index (χ4v) is 4.34. The minimum atomic E-state index is 0.291. The molecule has 0 aromatic heterocycles. The lowest BCUT2D eigenvalue weighted by molar-refractivity contribution is 0.470. The van der Waals surface area contributed by atoms with E-state index in [1.54, 1.807) is 6.07 Å². The van der Waals surface area contributed by atoms with Gasteiger partial charge in [0.15, 0.2) is 0 Å². The van der Waals surface area contributed by atoms with Gasteiger partial charge in [-0.3, -0.25) is 4.99 Å². The van der Waals surface area contributed by atoms with Crippen LogP contribution in [0, 0.1) is 0 Å². The summed E-state index contributed by atoms with van der Waals surface area (Å²) in [4.78, 5) is 4.41. The molecule has 3 rings (SSSR count). The molecule has 0 saturated heterocycles. The van der Waals surface area contributed by atoms with Crippen molar-refractivity contribution in [2.24, 2.45) is 10.7 Å². The van der Waals surface area contributed by atoms with E-state index >= 15 is 0 Å². The van der Waals surface area contributed by atoms with Gasteiger partial charge in [-0.15, -0.1) is 11.8 Å². The number of allylic oxidation sites excluding steroid dienone is 1. The molecular weight excluding hydrogens is 328 g/mol. The van der Waals surface area contributed by atoms with Crippen LogP contribution >= 0.6 is 11.8 Å². The molecule has 1 atom stereocenters. The maximum atomic E-state index is 10.4. The van der Waals surface area contributed by atoms with Crippen molar-refractivity contribution in [3.63, 3.8) is 0 Å². The van der Waals surface area contributed by atoms with Crippen LogP contribution in [-0.2, 0) is 5.75 Å². The summed E-state index contributed by atoms with van der Waals surface area (Å²) in [5.74, 6) is 1.51. The Bertz CT molecular complexity index is 798. The number of hydrogen-bond donors (Lipinski definition) is 2. The van der Waals surface area contributed by atoms with Crippen LogP contribution < -0.4 is 5.73 Å². The third kappa shape index (κ3) is 4.07. The van der Waals surface area contributed by atoms with Crippen LogP contribution in [0.5, 0.6) is 5.75 Å². The molecule has 1 aliphatic rings. The normalized spacial score (nSPS) is 16.7. The standard InChI is InChI=1S/C21H24N2OS/c1-2-13-23-21(22)17-10-6-11-19(24)18(17)14-25-20-12-5-8-15-7-3-4-9-16(15)20/h3-11,20,24H,2,12-14H2,1H3,(H2,22,23). The highest BCUT2D eigenvalue weighted by atomic mass is 32.2. The SMILES string of the molecule is CCCN=C(N)c1cccc(O)c1CSC1CC=Cc2ccccc21. The summed E-state index contributed by atoms with van der Waals surface area (Å²) < 4.78 is 0. The molecule has 2 aromatic rings. The monoisotopic (exact) mass is 352 g/mol. The highest BCUT2D eigenvalue weighted by Crippen LogP contribution is 2.41. The van der Waals surface area contributed by atoms with Crippen molar-refractivity contribution in [2.45, 2.75) is 30.8 Å². The Morgan fingerprint density at radius 2 is 2.08 bits per heavy atom. The Morgan fingerprint density at radius 3 is 2.92 bits per heavy atom. The first-order valence-corrected chi connectivity index (χ1v) is 9.73. The maximum Gasteiger partial charge on any atom is 0.126 e. The minimum Gasteiger partial charge on any atom is -0.508 e. The lowest BCUT2D eigenvalue weighted by atomic mass is 9.97. The average Bonchev–Trinajstić information content (AvgIpc) is 2.65. The summed E-state index contributed by atoms with van der Waals surface area (Å²) in [6.45, 7) is 2.78. The Labute approximate surface area is 153 Å². The number of hydrogen-bond acceptors (Lipinski definition) is 3. The zero-order valence-electron chi connectivity index (χ0n) is 14.5. The number of fused-ring (bicyclic) bond motifs is 1. The number of nitrogens with two attached hydrogens (primary N) is 1. The van der Waals surface area contributed by atoms with E-state index in [-0.39, 0.29) is 0 Å². The summed E-state index contributed by atoms with van der Waals surface area (Å²) in [7, 11) is 0. The molecule has 1 unspecified atom stereocenters. The maximum absolute atomic E-state index is 10.4. The van der Waals surface area contributed by atoms with Crippen LogP contribution in [0.1, 0.15) is 47.3 Å². The number of phenols is 1. The molecule has 0 radical (unpaired) electrons. The Morgan fingerprint density at radius 1 is 1.24 bits per heavy atom. The number of aliphatic imine (C=N–C) groups is 1. The van der Waals surface area contributed by atoms with Crippen molar-refractivity contribution in [3.05, 3.63) is 70.8 Å². The smallest absolute Gasteiger partial charge is 0.126 e. The molecule has 0 bridgehead atoms.